The number of amides is 1. The second-order valence-electron chi connectivity index (χ2n) is 7.40. The first kappa shape index (κ1) is 18.4. The normalized spacial score (nSPS) is 22.6. The van der Waals surface area contributed by atoms with Crippen LogP contribution in [0.5, 0.6) is 0 Å². The van der Waals surface area contributed by atoms with Crippen molar-refractivity contribution in [3.05, 3.63) is 35.9 Å². The molecule has 3 rings (SSSR count). The molecule has 4 heteroatoms. The lowest BCUT2D eigenvalue weighted by Gasteiger charge is -2.33. The number of benzene rings is 1. The van der Waals surface area contributed by atoms with E-state index in [9.17, 15) is 4.79 Å². The predicted molar refractivity (Wildman–Crippen MR) is 100 cm³/mol. The Morgan fingerprint density at radius 3 is 2.72 bits per heavy atom. The molecule has 1 saturated carbocycles. The average Bonchev–Trinajstić information content (AvgIpc) is 2.69. The van der Waals surface area contributed by atoms with E-state index in [0.717, 1.165) is 58.5 Å². The van der Waals surface area contributed by atoms with E-state index in [2.05, 4.69) is 34.5 Å². The molecule has 0 aromatic heterocycles. The van der Waals surface area contributed by atoms with Crippen LogP contribution in [0.2, 0.25) is 0 Å². The van der Waals surface area contributed by atoms with Crippen molar-refractivity contribution in [1.29, 1.82) is 0 Å². The molecule has 1 aliphatic heterocycles. The van der Waals surface area contributed by atoms with Crippen LogP contribution in [0.1, 0.15) is 56.6 Å². The molecule has 1 heterocycles. The molecule has 1 saturated heterocycles. The molecule has 2 fully saturated rings. The quantitative estimate of drug-likeness (QED) is 0.769. The Balaban J connectivity index is 1.30. The first-order valence-corrected chi connectivity index (χ1v) is 9.99. The van der Waals surface area contributed by atoms with Gasteiger partial charge in [-0.15, -0.1) is 0 Å². The SMILES string of the molecule is O=C(NCCCCN1CCO[C@@H](c2ccccc2)C1)C1CCCCC1. The minimum absolute atomic E-state index is 0.195. The van der Waals surface area contributed by atoms with Crippen LogP contribution < -0.4 is 5.32 Å². The first-order valence-electron chi connectivity index (χ1n) is 9.99. The van der Waals surface area contributed by atoms with Gasteiger partial charge < -0.3 is 10.1 Å². The largest absolute Gasteiger partial charge is 0.371 e. The topological polar surface area (TPSA) is 41.6 Å². The van der Waals surface area contributed by atoms with Gasteiger partial charge in [-0.3, -0.25) is 9.69 Å². The number of hydrogen-bond donors (Lipinski definition) is 1. The Kier molecular flexibility index (Phi) is 7.31. The average molecular weight is 344 g/mol. The van der Waals surface area contributed by atoms with Crippen molar-refractivity contribution >= 4 is 5.91 Å². The number of carbonyl (C=O) groups excluding carboxylic acids is 1. The highest BCUT2D eigenvalue weighted by Crippen LogP contribution is 2.24. The summed E-state index contributed by atoms with van der Waals surface area (Å²) < 4.78 is 5.92. The fourth-order valence-electron chi connectivity index (χ4n) is 3.96. The molecule has 1 atom stereocenters. The van der Waals surface area contributed by atoms with Crippen LogP contribution in [0.4, 0.5) is 0 Å². The summed E-state index contributed by atoms with van der Waals surface area (Å²) in [4.78, 5) is 14.6. The van der Waals surface area contributed by atoms with Crippen molar-refractivity contribution in [3.8, 4) is 0 Å². The number of unbranched alkanes of at least 4 members (excludes halogenated alkanes) is 1. The fraction of sp³-hybridized carbons (Fsp3) is 0.667. The summed E-state index contributed by atoms with van der Waals surface area (Å²) in [6, 6.07) is 10.5. The molecule has 0 radical (unpaired) electrons. The molecule has 138 valence electrons. The van der Waals surface area contributed by atoms with Crippen molar-refractivity contribution in [2.24, 2.45) is 5.92 Å². The van der Waals surface area contributed by atoms with Gasteiger partial charge in [0.15, 0.2) is 0 Å². The zero-order valence-corrected chi connectivity index (χ0v) is 15.3. The molecule has 0 spiro atoms. The third kappa shape index (κ3) is 5.82. The molecule has 0 bridgehead atoms. The number of nitrogens with one attached hydrogen (secondary N) is 1. The maximum absolute atomic E-state index is 12.1. The van der Waals surface area contributed by atoms with Gasteiger partial charge >= 0.3 is 0 Å². The van der Waals surface area contributed by atoms with Gasteiger partial charge in [0, 0.05) is 25.6 Å². The molecule has 4 nitrogen and oxygen atoms in total. The standard InChI is InChI=1S/C21H32N2O2/c24-21(19-11-5-2-6-12-19)22-13-7-8-14-23-15-16-25-20(17-23)18-9-3-1-4-10-18/h1,3-4,9-10,19-20H,2,5-8,11-17H2,(H,22,24)/t20-/m1/s1. The molecule has 1 aliphatic carbocycles. The number of carbonyl (C=O) groups is 1. The predicted octanol–water partition coefficient (Wildman–Crippen LogP) is 3.54. The molecular formula is C21H32N2O2. The van der Waals surface area contributed by atoms with Crippen LogP contribution in [0.15, 0.2) is 30.3 Å². The van der Waals surface area contributed by atoms with E-state index in [1.807, 2.05) is 6.07 Å². The van der Waals surface area contributed by atoms with Crippen molar-refractivity contribution in [1.82, 2.24) is 10.2 Å². The molecule has 0 unspecified atom stereocenters. The van der Waals surface area contributed by atoms with E-state index in [0.29, 0.717) is 0 Å². The van der Waals surface area contributed by atoms with Gasteiger partial charge in [0.25, 0.3) is 0 Å². The monoisotopic (exact) mass is 344 g/mol. The van der Waals surface area contributed by atoms with Crippen molar-refractivity contribution in [3.63, 3.8) is 0 Å². The summed E-state index contributed by atoms with van der Waals surface area (Å²) in [6.07, 6.45) is 8.29. The maximum atomic E-state index is 12.1. The van der Waals surface area contributed by atoms with Gasteiger partial charge in [-0.05, 0) is 37.8 Å². The number of hydrogen-bond acceptors (Lipinski definition) is 3. The molecule has 1 aromatic rings. The van der Waals surface area contributed by atoms with Crippen LogP contribution in [0.25, 0.3) is 0 Å². The van der Waals surface area contributed by atoms with Crippen LogP contribution in [-0.2, 0) is 9.53 Å². The molecule has 25 heavy (non-hydrogen) atoms. The lowest BCUT2D eigenvalue weighted by Crippen LogP contribution is -2.39. The second kappa shape index (κ2) is 9.93. The summed E-state index contributed by atoms with van der Waals surface area (Å²) in [5.74, 6) is 0.565. The minimum Gasteiger partial charge on any atom is -0.371 e. The Bertz CT molecular complexity index is 514. The fourth-order valence-corrected chi connectivity index (χ4v) is 3.96. The Labute approximate surface area is 151 Å². The zero-order chi connectivity index (χ0) is 17.3. The number of rotatable bonds is 7. The summed E-state index contributed by atoms with van der Waals surface area (Å²) in [5.41, 5.74) is 1.27. The number of nitrogens with zero attached hydrogens (tertiary/aromatic N) is 1. The number of morpholine rings is 1. The van der Waals surface area contributed by atoms with Crippen LogP contribution in [-0.4, -0.2) is 43.6 Å². The van der Waals surface area contributed by atoms with Crippen molar-refractivity contribution < 1.29 is 9.53 Å². The zero-order valence-electron chi connectivity index (χ0n) is 15.3. The Morgan fingerprint density at radius 1 is 1.12 bits per heavy atom. The van der Waals surface area contributed by atoms with Crippen LogP contribution in [0.3, 0.4) is 0 Å². The number of ether oxygens (including phenoxy) is 1. The summed E-state index contributed by atoms with van der Waals surface area (Å²) in [7, 11) is 0. The van der Waals surface area contributed by atoms with Gasteiger partial charge in [0.1, 0.15) is 0 Å². The van der Waals surface area contributed by atoms with E-state index in [1.54, 1.807) is 0 Å². The molecule has 1 N–H and O–H groups in total. The molecular weight excluding hydrogens is 312 g/mol. The maximum Gasteiger partial charge on any atom is 0.223 e. The second-order valence-corrected chi connectivity index (χ2v) is 7.40. The molecule has 1 amide bonds. The van der Waals surface area contributed by atoms with Gasteiger partial charge in [-0.2, -0.15) is 0 Å². The Morgan fingerprint density at radius 2 is 1.92 bits per heavy atom. The summed E-state index contributed by atoms with van der Waals surface area (Å²) >= 11 is 0. The smallest absolute Gasteiger partial charge is 0.223 e. The van der Waals surface area contributed by atoms with Crippen LogP contribution >= 0.6 is 0 Å². The highest BCUT2D eigenvalue weighted by atomic mass is 16.5. The van der Waals surface area contributed by atoms with Gasteiger partial charge in [0.05, 0.1) is 12.7 Å². The first-order chi connectivity index (χ1) is 12.3. The van der Waals surface area contributed by atoms with E-state index in [1.165, 1.54) is 24.8 Å². The third-order valence-corrected chi connectivity index (χ3v) is 5.50. The Hall–Kier alpha value is -1.39. The van der Waals surface area contributed by atoms with E-state index >= 15 is 0 Å². The lowest BCUT2D eigenvalue weighted by molar-refractivity contribution is -0.125. The molecule has 2 aliphatic rings. The van der Waals surface area contributed by atoms with Crippen molar-refractivity contribution in [2.45, 2.75) is 51.0 Å². The third-order valence-electron chi connectivity index (χ3n) is 5.50. The van der Waals surface area contributed by atoms with E-state index in [-0.39, 0.29) is 17.9 Å². The van der Waals surface area contributed by atoms with Gasteiger partial charge in [-0.1, -0.05) is 49.6 Å². The minimum atomic E-state index is 0.195. The summed E-state index contributed by atoms with van der Waals surface area (Å²) in [6.45, 7) is 4.70. The highest BCUT2D eigenvalue weighted by molar-refractivity contribution is 5.78. The van der Waals surface area contributed by atoms with Crippen molar-refractivity contribution in [2.75, 3.05) is 32.8 Å². The van der Waals surface area contributed by atoms with Gasteiger partial charge in [0.2, 0.25) is 5.91 Å². The van der Waals surface area contributed by atoms with E-state index in [4.69, 9.17) is 4.74 Å². The highest BCUT2D eigenvalue weighted by Gasteiger charge is 2.22. The van der Waals surface area contributed by atoms with E-state index < -0.39 is 0 Å². The van der Waals surface area contributed by atoms with Crippen LogP contribution in [0, 0.1) is 5.92 Å². The van der Waals surface area contributed by atoms with Gasteiger partial charge in [-0.25, -0.2) is 0 Å². The lowest BCUT2D eigenvalue weighted by atomic mass is 9.89. The summed E-state index contributed by atoms with van der Waals surface area (Å²) in [5, 5.41) is 3.14. The molecule has 1 aromatic carbocycles.